The molecule has 3 aromatic carbocycles. The second-order valence-electron chi connectivity index (χ2n) is 8.62. The molecule has 1 aliphatic rings. The highest BCUT2D eigenvalue weighted by atomic mass is 79.9. The number of amides is 4. The Morgan fingerprint density at radius 3 is 2.54 bits per heavy atom. The van der Waals surface area contributed by atoms with Crippen molar-refractivity contribution >= 4 is 57.1 Å². The van der Waals surface area contributed by atoms with E-state index in [2.05, 4.69) is 26.6 Å². The van der Waals surface area contributed by atoms with Crippen LogP contribution in [0.25, 0.3) is 6.08 Å². The monoisotopic (exact) mass is 611 g/mol. The van der Waals surface area contributed by atoms with E-state index in [1.807, 2.05) is 56.3 Å². The SMILES string of the molecule is CCOc1cc(/C=C2/NC(=O)N(CC(=O)Nc3ccccc3CC)C2=O)cc(Cl)c1OCc1ccc(Br)cc1. The number of urea groups is 1. The quantitative estimate of drug-likeness (QED) is 0.211. The largest absolute Gasteiger partial charge is 0.490 e. The molecule has 0 radical (unpaired) electrons. The summed E-state index contributed by atoms with van der Waals surface area (Å²) < 4.78 is 12.7. The molecule has 3 aromatic rings. The van der Waals surface area contributed by atoms with Crippen LogP contribution in [0.1, 0.15) is 30.5 Å². The number of nitrogens with one attached hydrogen (secondary N) is 2. The molecule has 0 aromatic heterocycles. The molecule has 4 amide bonds. The number of nitrogens with zero attached hydrogens (tertiary/aromatic N) is 1. The van der Waals surface area contributed by atoms with E-state index in [4.69, 9.17) is 21.1 Å². The van der Waals surface area contributed by atoms with Gasteiger partial charge in [-0.25, -0.2) is 9.69 Å². The maximum absolute atomic E-state index is 13.0. The summed E-state index contributed by atoms with van der Waals surface area (Å²) >= 11 is 9.94. The number of rotatable bonds is 10. The third-order valence-electron chi connectivity index (χ3n) is 5.88. The molecule has 0 spiro atoms. The van der Waals surface area contributed by atoms with Gasteiger partial charge in [-0.05, 0) is 66.4 Å². The summed E-state index contributed by atoms with van der Waals surface area (Å²) in [6.45, 7) is 4.03. The molecule has 0 saturated carbocycles. The maximum atomic E-state index is 13.0. The molecule has 1 fully saturated rings. The predicted octanol–water partition coefficient (Wildman–Crippen LogP) is 6.17. The van der Waals surface area contributed by atoms with Crippen LogP contribution in [0, 0.1) is 0 Å². The van der Waals surface area contributed by atoms with Gasteiger partial charge in [0.1, 0.15) is 18.8 Å². The zero-order valence-electron chi connectivity index (χ0n) is 21.4. The van der Waals surface area contributed by atoms with Gasteiger partial charge in [0, 0.05) is 10.2 Å². The number of hydrogen-bond donors (Lipinski definition) is 2. The topological polar surface area (TPSA) is 97.0 Å². The van der Waals surface area contributed by atoms with Crippen LogP contribution in [0.4, 0.5) is 10.5 Å². The van der Waals surface area contributed by atoms with Crippen LogP contribution in [-0.4, -0.2) is 35.9 Å². The lowest BCUT2D eigenvalue weighted by Crippen LogP contribution is -2.38. The molecule has 8 nitrogen and oxygen atoms in total. The number of benzene rings is 3. The van der Waals surface area contributed by atoms with E-state index in [-0.39, 0.29) is 17.3 Å². The highest BCUT2D eigenvalue weighted by Gasteiger charge is 2.35. The smallest absolute Gasteiger partial charge is 0.329 e. The fourth-order valence-corrected chi connectivity index (χ4v) is 4.51. The summed E-state index contributed by atoms with van der Waals surface area (Å²) in [6.07, 6.45) is 2.21. The Bertz CT molecular complexity index is 1420. The van der Waals surface area contributed by atoms with Crippen LogP contribution in [-0.2, 0) is 22.6 Å². The van der Waals surface area contributed by atoms with Gasteiger partial charge in [0.05, 0.1) is 11.6 Å². The first-order valence-corrected chi connectivity index (χ1v) is 13.5. The van der Waals surface area contributed by atoms with E-state index in [0.717, 1.165) is 26.9 Å². The molecule has 0 bridgehead atoms. The number of para-hydroxylation sites is 1. The third-order valence-corrected chi connectivity index (χ3v) is 6.68. The Labute approximate surface area is 240 Å². The molecule has 1 heterocycles. The number of imide groups is 1. The molecule has 39 heavy (non-hydrogen) atoms. The first-order valence-electron chi connectivity index (χ1n) is 12.3. The lowest BCUT2D eigenvalue weighted by atomic mass is 10.1. The summed E-state index contributed by atoms with van der Waals surface area (Å²) in [5.74, 6) is -0.328. The first kappa shape index (κ1) is 28.2. The van der Waals surface area contributed by atoms with Crippen LogP contribution >= 0.6 is 27.5 Å². The molecule has 202 valence electrons. The molecule has 0 unspecified atom stereocenters. The van der Waals surface area contributed by atoms with Crippen molar-refractivity contribution in [3.63, 3.8) is 0 Å². The maximum Gasteiger partial charge on any atom is 0.329 e. The molecular weight excluding hydrogens is 586 g/mol. The standard InChI is InChI=1S/C29H27BrClN3O5/c1-3-20-7-5-6-8-23(20)32-26(35)16-34-28(36)24(33-29(34)37)14-19-13-22(31)27(25(15-19)38-4-2)39-17-18-9-11-21(30)12-10-18/h5-15H,3-4,16-17H2,1-2H3,(H,32,35)(H,33,37)/b24-14+. The van der Waals surface area contributed by atoms with Crippen molar-refractivity contribution in [1.29, 1.82) is 0 Å². The summed E-state index contributed by atoms with van der Waals surface area (Å²) in [6, 6.07) is 17.7. The van der Waals surface area contributed by atoms with Crippen molar-refractivity contribution in [3.05, 3.63) is 92.5 Å². The third kappa shape index (κ3) is 6.99. The van der Waals surface area contributed by atoms with Crippen LogP contribution in [0.5, 0.6) is 11.5 Å². The zero-order valence-corrected chi connectivity index (χ0v) is 23.8. The molecule has 0 aliphatic carbocycles. The number of carbonyl (C=O) groups is 3. The second-order valence-corrected chi connectivity index (χ2v) is 9.94. The van der Waals surface area contributed by atoms with Gasteiger partial charge < -0.3 is 20.1 Å². The normalized spacial score (nSPS) is 13.9. The fourth-order valence-electron chi connectivity index (χ4n) is 3.98. The van der Waals surface area contributed by atoms with Crippen LogP contribution in [0.3, 0.4) is 0 Å². The van der Waals surface area contributed by atoms with Gasteiger partial charge in [-0.1, -0.05) is 64.8 Å². The van der Waals surface area contributed by atoms with Gasteiger partial charge >= 0.3 is 6.03 Å². The Morgan fingerprint density at radius 2 is 1.82 bits per heavy atom. The second kappa shape index (κ2) is 12.8. The van der Waals surface area contributed by atoms with Gasteiger partial charge in [0.15, 0.2) is 11.5 Å². The van der Waals surface area contributed by atoms with Crippen molar-refractivity contribution in [2.24, 2.45) is 0 Å². The van der Waals surface area contributed by atoms with Crippen LogP contribution < -0.4 is 20.1 Å². The summed E-state index contributed by atoms with van der Waals surface area (Å²) in [5.41, 5.74) is 3.09. The molecule has 4 rings (SSSR count). The minimum atomic E-state index is -0.684. The molecule has 1 saturated heterocycles. The minimum Gasteiger partial charge on any atom is -0.490 e. The van der Waals surface area contributed by atoms with Gasteiger partial charge in [-0.15, -0.1) is 0 Å². The molecule has 1 aliphatic heterocycles. The highest BCUT2D eigenvalue weighted by molar-refractivity contribution is 9.10. The van der Waals surface area contributed by atoms with E-state index < -0.39 is 24.4 Å². The van der Waals surface area contributed by atoms with Crippen molar-refractivity contribution < 1.29 is 23.9 Å². The first-order chi connectivity index (χ1) is 18.8. The number of carbonyl (C=O) groups excluding carboxylic acids is 3. The number of ether oxygens (including phenoxy) is 2. The van der Waals surface area contributed by atoms with Crippen molar-refractivity contribution in [2.75, 3.05) is 18.5 Å². The Hall–Kier alpha value is -3.82. The van der Waals surface area contributed by atoms with Gasteiger partial charge in [-0.3, -0.25) is 9.59 Å². The average Bonchev–Trinajstić information content (AvgIpc) is 3.16. The van der Waals surface area contributed by atoms with E-state index in [1.54, 1.807) is 18.2 Å². The van der Waals surface area contributed by atoms with Gasteiger partial charge in [-0.2, -0.15) is 0 Å². The van der Waals surface area contributed by atoms with E-state index >= 15 is 0 Å². The summed E-state index contributed by atoms with van der Waals surface area (Å²) in [5, 5.41) is 5.59. The highest BCUT2D eigenvalue weighted by Crippen LogP contribution is 2.38. The Balaban J connectivity index is 1.49. The van der Waals surface area contributed by atoms with E-state index in [1.165, 1.54) is 6.08 Å². The van der Waals surface area contributed by atoms with Crippen LogP contribution in [0.2, 0.25) is 5.02 Å². The lowest BCUT2D eigenvalue weighted by Gasteiger charge is -2.15. The molecule has 2 N–H and O–H groups in total. The van der Waals surface area contributed by atoms with E-state index in [9.17, 15) is 14.4 Å². The molecule has 0 atom stereocenters. The number of aryl methyl sites for hydroxylation is 1. The predicted molar refractivity (Wildman–Crippen MR) is 154 cm³/mol. The lowest BCUT2D eigenvalue weighted by molar-refractivity contribution is -0.127. The van der Waals surface area contributed by atoms with Gasteiger partial charge in [0.25, 0.3) is 5.91 Å². The fraction of sp³-hybridized carbons (Fsp3) is 0.207. The molecular formula is C29H27BrClN3O5. The number of hydrogen-bond acceptors (Lipinski definition) is 5. The number of anilines is 1. The zero-order chi connectivity index (χ0) is 27.9. The number of halogens is 2. The van der Waals surface area contributed by atoms with Gasteiger partial charge in [0.2, 0.25) is 5.91 Å². The summed E-state index contributed by atoms with van der Waals surface area (Å²) in [7, 11) is 0. The Kier molecular flexibility index (Phi) is 9.27. The van der Waals surface area contributed by atoms with Crippen molar-refractivity contribution in [2.45, 2.75) is 26.9 Å². The summed E-state index contributed by atoms with van der Waals surface area (Å²) in [4.78, 5) is 39.0. The van der Waals surface area contributed by atoms with Crippen molar-refractivity contribution in [3.8, 4) is 11.5 Å². The minimum absolute atomic E-state index is 0.0174. The molecule has 10 heteroatoms. The van der Waals surface area contributed by atoms with E-state index in [0.29, 0.717) is 29.4 Å². The van der Waals surface area contributed by atoms with Crippen molar-refractivity contribution in [1.82, 2.24) is 10.2 Å². The Morgan fingerprint density at radius 1 is 1.08 bits per heavy atom. The average molecular weight is 613 g/mol. The van der Waals surface area contributed by atoms with Crippen LogP contribution in [0.15, 0.2) is 70.8 Å².